The lowest BCUT2D eigenvalue weighted by molar-refractivity contribution is 0.0758. The molecule has 1 aromatic rings. The first kappa shape index (κ1) is 15.0. The highest BCUT2D eigenvalue weighted by Gasteiger charge is 2.16. The third kappa shape index (κ3) is 4.32. The minimum atomic E-state index is -0.468. The molecular weight excluding hydrogens is 254 g/mol. The quantitative estimate of drug-likeness (QED) is 0.776. The van der Waals surface area contributed by atoms with Gasteiger partial charge in [0, 0.05) is 18.5 Å². The molecule has 1 aliphatic rings. The van der Waals surface area contributed by atoms with Gasteiger partial charge in [-0.3, -0.25) is 4.79 Å². The van der Waals surface area contributed by atoms with Gasteiger partial charge in [0.1, 0.15) is 18.5 Å². The summed E-state index contributed by atoms with van der Waals surface area (Å²) in [6, 6.07) is 7.11. The molecule has 0 aliphatic carbocycles. The van der Waals surface area contributed by atoms with Crippen LogP contribution in [0.1, 0.15) is 36.5 Å². The first-order valence-corrected chi connectivity index (χ1v) is 7.35. The van der Waals surface area contributed by atoms with Crippen molar-refractivity contribution in [2.75, 3.05) is 26.2 Å². The molecule has 4 nitrogen and oxygen atoms in total. The molecule has 1 unspecified atom stereocenters. The number of aliphatic hydroxyl groups excluding tert-OH is 1. The van der Waals surface area contributed by atoms with Crippen molar-refractivity contribution in [2.45, 2.75) is 32.3 Å². The molecule has 0 aromatic heterocycles. The highest BCUT2D eigenvalue weighted by atomic mass is 16.5. The first-order chi connectivity index (χ1) is 9.69. The van der Waals surface area contributed by atoms with E-state index in [1.54, 1.807) is 24.3 Å². The normalized spacial score (nSPS) is 17.1. The SMILES string of the molecule is CCC(=O)c1ccc(OCC(O)CN2CCCC2)cc1. The molecule has 0 radical (unpaired) electrons. The Morgan fingerprint density at radius 1 is 1.30 bits per heavy atom. The Kier molecular flexibility index (Phi) is 5.56. The molecule has 1 fully saturated rings. The van der Waals surface area contributed by atoms with Crippen LogP contribution in [0.3, 0.4) is 0 Å². The van der Waals surface area contributed by atoms with Crippen molar-refractivity contribution in [3.63, 3.8) is 0 Å². The zero-order valence-corrected chi connectivity index (χ0v) is 12.0. The van der Waals surface area contributed by atoms with Crippen molar-refractivity contribution in [3.8, 4) is 5.75 Å². The van der Waals surface area contributed by atoms with E-state index >= 15 is 0 Å². The van der Waals surface area contributed by atoms with Gasteiger partial charge in [0.2, 0.25) is 0 Å². The van der Waals surface area contributed by atoms with Crippen LogP contribution in [-0.4, -0.2) is 48.1 Å². The van der Waals surface area contributed by atoms with E-state index in [1.807, 2.05) is 6.92 Å². The van der Waals surface area contributed by atoms with Crippen LogP contribution >= 0.6 is 0 Å². The molecule has 4 heteroatoms. The van der Waals surface area contributed by atoms with Gasteiger partial charge in [-0.1, -0.05) is 6.92 Å². The number of benzene rings is 1. The molecular formula is C16H23NO3. The zero-order valence-electron chi connectivity index (χ0n) is 12.0. The Morgan fingerprint density at radius 3 is 2.55 bits per heavy atom. The maximum absolute atomic E-state index is 11.5. The first-order valence-electron chi connectivity index (χ1n) is 7.35. The number of nitrogens with zero attached hydrogens (tertiary/aromatic N) is 1. The second-order valence-electron chi connectivity index (χ2n) is 5.27. The lowest BCUT2D eigenvalue weighted by atomic mass is 10.1. The Bertz CT molecular complexity index is 424. The van der Waals surface area contributed by atoms with E-state index < -0.39 is 6.10 Å². The highest BCUT2D eigenvalue weighted by Crippen LogP contribution is 2.14. The van der Waals surface area contributed by atoms with Crippen molar-refractivity contribution in [1.29, 1.82) is 0 Å². The number of rotatable bonds is 7. The van der Waals surface area contributed by atoms with Crippen molar-refractivity contribution in [1.82, 2.24) is 4.90 Å². The number of ether oxygens (including phenoxy) is 1. The van der Waals surface area contributed by atoms with Gasteiger partial charge < -0.3 is 14.7 Å². The van der Waals surface area contributed by atoms with Crippen molar-refractivity contribution < 1.29 is 14.6 Å². The molecule has 110 valence electrons. The van der Waals surface area contributed by atoms with E-state index in [0.29, 0.717) is 24.3 Å². The van der Waals surface area contributed by atoms with Crippen LogP contribution in [-0.2, 0) is 0 Å². The van der Waals surface area contributed by atoms with E-state index in [2.05, 4.69) is 4.90 Å². The van der Waals surface area contributed by atoms with Crippen molar-refractivity contribution in [2.24, 2.45) is 0 Å². The van der Waals surface area contributed by atoms with Crippen molar-refractivity contribution in [3.05, 3.63) is 29.8 Å². The Balaban J connectivity index is 1.76. The number of β-amino-alcohol motifs (C(OH)–C–C–N with tert-alkyl or cyclic N) is 1. The van der Waals surface area contributed by atoms with Crippen molar-refractivity contribution >= 4 is 5.78 Å². The number of aliphatic hydroxyl groups is 1. The summed E-state index contributed by atoms with van der Waals surface area (Å²) in [5, 5.41) is 9.93. The number of likely N-dealkylation sites (tertiary alicyclic amines) is 1. The highest BCUT2D eigenvalue weighted by molar-refractivity contribution is 5.95. The third-order valence-corrected chi connectivity index (χ3v) is 3.61. The minimum Gasteiger partial charge on any atom is -0.491 e. The van der Waals surface area contributed by atoms with E-state index in [1.165, 1.54) is 12.8 Å². The molecule has 0 amide bonds. The topological polar surface area (TPSA) is 49.8 Å². The minimum absolute atomic E-state index is 0.130. The fraction of sp³-hybridized carbons (Fsp3) is 0.562. The second kappa shape index (κ2) is 7.41. The summed E-state index contributed by atoms with van der Waals surface area (Å²) < 4.78 is 5.56. The summed E-state index contributed by atoms with van der Waals surface area (Å²) in [5.41, 5.74) is 0.706. The van der Waals surface area contributed by atoms with Gasteiger partial charge >= 0.3 is 0 Å². The van der Waals surface area contributed by atoms with E-state index in [4.69, 9.17) is 4.74 Å². The van der Waals surface area contributed by atoms with Gasteiger partial charge in [0.05, 0.1) is 0 Å². The van der Waals surface area contributed by atoms with Crippen LogP contribution in [0.4, 0.5) is 0 Å². The van der Waals surface area contributed by atoms with Gasteiger partial charge in [-0.2, -0.15) is 0 Å². The third-order valence-electron chi connectivity index (χ3n) is 3.61. The summed E-state index contributed by atoms with van der Waals surface area (Å²) in [7, 11) is 0. The Labute approximate surface area is 120 Å². The molecule has 0 saturated carbocycles. The smallest absolute Gasteiger partial charge is 0.162 e. The van der Waals surface area contributed by atoms with E-state index in [9.17, 15) is 9.90 Å². The Hall–Kier alpha value is -1.39. The van der Waals surface area contributed by atoms with Gasteiger partial charge in [-0.25, -0.2) is 0 Å². The second-order valence-corrected chi connectivity index (χ2v) is 5.27. The zero-order chi connectivity index (χ0) is 14.4. The molecule has 2 rings (SSSR count). The summed E-state index contributed by atoms with van der Waals surface area (Å²) >= 11 is 0. The van der Waals surface area contributed by atoms with Crippen LogP contribution in [0, 0.1) is 0 Å². The Morgan fingerprint density at radius 2 is 1.95 bits per heavy atom. The van der Waals surface area contributed by atoms with Crippen LogP contribution in [0.5, 0.6) is 5.75 Å². The molecule has 1 aromatic carbocycles. The predicted molar refractivity (Wildman–Crippen MR) is 78.2 cm³/mol. The number of ketones is 1. The molecule has 1 N–H and O–H groups in total. The number of carbonyl (C=O) groups is 1. The summed E-state index contributed by atoms with van der Waals surface area (Å²) in [4.78, 5) is 13.8. The van der Waals surface area contributed by atoms with E-state index in [0.717, 1.165) is 13.1 Å². The average Bonchev–Trinajstić information content (AvgIpc) is 2.97. The molecule has 1 aliphatic heterocycles. The van der Waals surface area contributed by atoms with E-state index in [-0.39, 0.29) is 12.4 Å². The average molecular weight is 277 g/mol. The molecule has 20 heavy (non-hydrogen) atoms. The molecule has 1 atom stereocenters. The fourth-order valence-electron chi connectivity index (χ4n) is 2.45. The molecule has 0 spiro atoms. The largest absolute Gasteiger partial charge is 0.491 e. The summed E-state index contributed by atoms with van der Waals surface area (Å²) in [5.74, 6) is 0.823. The van der Waals surface area contributed by atoms with Crippen LogP contribution < -0.4 is 4.74 Å². The maximum atomic E-state index is 11.5. The summed E-state index contributed by atoms with van der Waals surface area (Å²) in [6.45, 7) is 4.96. The van der Waals surface area contributed by atoms with Crippen LogP contribution in [0.25, 0.3) is 0 Å². The van der Waals surface area contributed by atoms with Gasteiger partial charge in [-0.15, -0.1) is 0 Å². The van der Waals surface area contributed by atoms with Gasteiger partial charge in [0.15, 0.2) is 5.78 Å². The van der Waals surface area contributed by atoms with Gasteiger partial charge in [-0.05, 0) is 50.2 Å². The molecule has 1 saturated heterocycles. The fourth-order valence-corrected chi connectivity index (χ4v) is 2.45. The van der Waals surface area contributed by atoms with Crippen LogP contribution in [0.15, 0.2) is 24.3 Å². The summed E-state index contributed by atoms with van der Waals surface area (Å²) in [6.07, 6.45) is 2.49. The monoisotopic (exact) mass is 277 g/mol. The predicted octanol–water partition coefficient (Wildman–Crippen LogP) is 2.11. The lowest BCUT2D eigenvalue weighted by Gasteiger charge is -2.19. The molecule has 0 bridgehead atoms. The lowest BCUT2D eigenvalue weighted by Crippen LogP contribution is -2.33. The van der Waals surface area contributed by atoms with Crippen LogP contribution in [0.2, 0.25) is 0 Å². The molecule has 1 heterocycles. The number of Topliss-reactive ketones (excluding diaryl/α,β-unsaturated/α-hetero) is 1. The number of hydrogen-bond acceptors (Lipinski definition) is 4. The number of hydrogen-bond donors (Lipinski definition) is 1. The maximum Gasteiger partial charge on any atom is 0.162 e. The van der Waals surface area contributed by atoms with Gasteiger partial charge in [0.25, 0.3) is 0 Å². The standard InChI is InChI=1S/C16H23NO3/c1-2-16(19)13-5-7-15(8-6-13)20-12-14(18)11-17-9-3-4-10-17/h5-8,14,18H,2-4,9-12H2,1H3. The number of carbonyl (C=O) groups excluding carboxylic acids is 1.